The van der Waals surface area contributed by atoms with Crippen LogP contribution in [0.25, 0.3) is 0 Å². The van der Waals surface area contributed by atoms with Crippen LogP contribution in [0.5, 0.6) is 0 Å². The molecule has 96 valence electrons. The molecule has 0 spiro atoms. The third kappa shape index (κ3) is 3.23. The van der Waals surface area contributed by atoms with Crippen LogP contribution in [0.3, 0.4) is 0 Å². The van der Waals surface area contributed by atoms with Gasteiger partial charge in [-0.15, -0.1) is 0 Å². The molecule has 1 unspecified atom stereocenters. The van der Waals surface area contributed by atoms with Crippen LogP contribution in [0.1, 0.15) is 31.3 Å². The summed E-state index contributed by atoms with van der Waals surface area (Å²) in [5.41, 5.74) is 0.816. The van der Waals surface area contributed by atoms with Gasteiger partial charge in [0.1, 0.15) is 5.82 Å². The summed E-state index contributed by atoms with van der Waals surface area (Å²) in [7, 11) is 0. The molecular weight excluding hydrogens is 288 g/mol. The van der Waals surface area contributed by atoms with Gasteiger partial charge in [-0.3, -0.25) is 0 Å². The molecule has 0 fully saturated rings. The fourth-order valence-electron chi connectivity index (χ4n) is 1.38. The van der Waals surface area contributed by atoms with Gasteiger partial charge in [-0.1, -0.05) is 36.4 Å². The normalized spacial score (nSPS) is 12.7. The van der Waals surface area contributed by atoms with E-state index in [2.05, 4.69) is 9.36 Å². The van der Waals surface area contributed by atoms with Crippen molar-refractivity contribution in [3.8, 4) is 0 Å². The van der Waals surface area contributed by atoms with Gasteiger partial charge in [-0.05, 0) is 36.2 Å². The number of aliphatic hydroxyl groups excluding tert-OH is 1. The molecule has 0 bridgehead atoms. The monoisotopic (exact) mass is 300 g/mol. The molecule has 1 aromatic heterocycles. The van der Waals surface area contributed by atoms with E-state index in [1.807, 2.05) is 19.1 Å². The summed E-state index contributed by atoms with van der Waals surface area (Å²) in [6, 6.07) is 5.57. The average Bonchev–Trinajstić information content (AvgIpc) is 2.79. The number of hydrogen-bond donors (Lipinski definition) is 1. The van der Waals surface area contributed by atoms with Crippen molar-refractivity contribution >= 4 is 34.9 Å². The minimum absolute atomic E-state index is 0.505. The fourth-order valence-corrected chi connectivity index (χ4v) is 3.34. The molecule has 0 saturated heterocycles. The molecule has 1 aromatic carbocycles. The molecule has 0 aliphatic heterocycles. The van der Waals surface area contributed by atoms with Gasteiger partial charge in [0, 0.05) is 11.3 Å². The Balaban J connectivity index is 2.19. The van der Waals surface area contributed by atoms with Gasteiger partial charge in [0.25, 0.3) is 0 Å². The van der Waals surface area contributed by atoms with Gasteiger partial charge < -0.3 is 5.11 Å². The zero-order valence-corrected chi connectivity index (χ0v) is 12.4. The molecule has 0 radical (unpaired) electrons. The fraction of sp³-hybridized carbons (Fsp3) is 0.333. The molecule has 3 nitrogen and oxygen atoms in total. The van der Waals surface area contributed by atoms with Crippen LogP contribution in [-0.4, -0.2) is 14.5 Å². The van der Waals surface area contributed by atoms with E-state index in [0.29, 0.717) is 5.02 Å². The predicted octanol–water partition coefficient (Wildman–Crippen LogP) is 3.96. The molecule has 2 aromatic rings. The molecule has 0 aliphatic carbocycles. The minimum Gasteiger partial charge on any atom is -0.389 e. The first-order chi connectivity index (χ1) is 8.60. The van der Waals surface area contributed by atoms with E-state index in [1.165, 1.54) is 23.3 Å². The highest BCUT2D eigenvalue weighted by atomic mass is 35.5. The van der Waals surface area contributed by atoms with Crippen LogP contribution in [0, 0.1) is 0 Å². The van der Waals surface area contributed by atoms with Gasteiger partial charge in [0.15, 0.2) is 4.34 Å². The Bertz CT molecular complexity index is 543. The third-order valence-corrected chi connectivity index (χ3v) is 4.69. The molecule has 6 heteroatoms. The van der Waals surface area contributed by atoms with Crippen molar-refractivity contribution in [3.63, 3.8) is 0 Å². The second-order valence-electron chi connectivity index (χ2n) is 3.80. The quantitative estimate of drug-likeness (QED) is 0.928. The number of benzene rings is 1. The maximum Gasteiger partial charge on any atom is 0.174 e. The first-order valence-corrected chi connectivity index (χ1v) is 7.55. The van der Waals surface area contributed by atoms with Crippen LogP contribution in [-0.2, 0) is 6.42 Å². The molecule has 0 amide bonds. The van der Waals surface area contributed by atoms with Crippen molar-refractivity contribution in [2.45, 2.75) is 35.6 Å². The first kappa shape index (κ1) is 13.8. The van der Waals surface area contributed by atoms with Gasteiger partial charge in [0.2, 0.25) is 0 Å². The van der Waals surface area contributed by atoms with E-state index in [-0.39, 0.29) is 0 Å². The molecule has 18 heavy (non-hydrogen) atoms. The van der Waals surface area contributed by atoms with E-state index in [9.17, 15) is 5.11 Å². The Morgan fingerprint density at radius 3 is 2.83 bits per heavy atom. The molecular formula is C12H13ClN2OS2. The van der Waals surface area contributed by atoms with Gasteiger partial charge in [0.05, 0.1) is 11.1 Å². The summed E-state index contributed by atoms with van der Waals surface area (Å²) in [6.07, 6.45) is 0.334. The lowest BCUT2D eigenvalue weighted by molar-refractivity contribution is 0.199. The zero-order valence-electron chi connectivity index (χ0n) is 10.1. The molecule has 1 heterocycles. The lowest BCUT2D eigenvalue weighted by Gasteiger charge is -2.07. The number of rotatable bonds is 4. The second-order valence-corrected chi connectivity index (χ2v) is 6.25. The maximum absolute atomic E-state index is 9.48. The number of aromatic nitrogens is 2. The van der Waals surface area contributed by atoms with Crippen LogP contribution in [0.2, 0.25) is 5.02 Å². The smallest absolute Gasteiger partial charge is 0.174 e. The number of aliphatic hydroxyl groups is 1. The Labute approximate surface area is 119 Å². The largest absolute Gasteiger partial charge is 0.389 e. The maximum atomic E-state index is 9.48. The highest BCUT2D eigenvalue weighted by molar-refractivity contribution is 8.01. The third-order valence-electron chi connectivity index (χ3n) is 2.40. The minimum atomic E-state index is -0.505. The highest BCUT2D eigenvalue weighted by Crippen LogP contribution is 2.35. The lowest BCUT2D eigenvalue weighted by atomic mass is 10.1. The lowest BCUT2D eigenvalue weighted by Crippen LogP contribution is -1.90. The van der Waals surface area contributed by atoms with Crippen molar-refractivity contribution in [2.24, 2.45) is 0 Å². The van der Waals surface area contributed by atoms with Crippen LogP contribution in [0.15, 0.2) is 27.4 Å². The number of aryl methyl sites for hydroxylation is 1. The van der Waals surface area contributed by atoms with Crippen LogP contribution < -0.4 is 0 Å². The summed E-state index contributed by atoms with van der Waals surface area (Å²) in [5.74, 6) is 0.860. The van der Waals surface area contributed by atoms with Crippen molar-refractivity contribution in [1.82, 2.24) is 9.36 Å². The predicted molar refractivity (Wildman–Crippen MR) is 75.5 cm³/mol. The summed E-state index contributed by atoms with van der Waals surface area (Å²) >= 11 is 9.07. The van der Waals surface area contributed by atoms with Crippen LogP contribution in [0.4, 0.5) is 0 Å². The van der Waals surface area contributed by atoms with E-state index >= 15 is 0 Å². The van der Waals surface area contributed by atoms with Gasteiger partial charge in [-0.25, -0.2) is 4.98 Å². The first-order valence-electron chi connectivity index (χ1n) is 5.58. The Morgan fingerprint density at radius 1 is 1.50 bits per heavy atom. The van der Waals surface area contributed by atoms with Gasteiger partial charge >= 0.3 is 0 Å². The topological polar surface area (TPSA) is 46.0 Å². The standard InChI is InChI=1S/C12H13ClN2OS2/c1-3-11-14-12(18-15-11)17-10-5-4-8(7(2)16)6-9(10)13/h4-7,16H,3H2,1-2H3. The Kier molecular flexibility index (Phi) is 4.61. The summed E-state index contributed by atoms with van der Waals surface area (Å²) in [4.78, 5) is 5.32. The second kappa shape index (κ2) is 6.02. The molecule has 0 aliphatic rings. The van der Waals surface area contributed by atoms with Crippen molar-refractivity contribution in [2.75, 3.05) is 0 Å². The Hall–Kier alpha value is -0.620. The van der Waals surface area contributed by atoms with E-state index in [1.54, 1.807) is 13.0 Å². The van der Waals surface area contributed by atoms with E-state index in [0.717, 1.165) is 27.0 Å². The number of hydrogen-bond acceptors (Lipinski definition) is 5. The molecule has 1 N–H and O–H groups in total. The summed E-state index contributed by atoms with van der Waals surface area (Å²) < 4.78 is 5.12. The Morgan fingerprint density at radius 2 is 2.28 bits per heavy atom. The summed E-state index contributed by atoms with van der Waals surface area (Å²) in [6.45, 7) is 3.75. The highest BCUT2D eigenvalue weighted by Gasteiger charge is 2.10. The van der Waals surface area contributed by atoms with Crippen molar-refractivity contribution in [3.05, 3.63) is 34.6 Å². The van der Waals surface area contributed by atoms with Crippen molar-refractivity contribution < 1.29 is 5.11 Å². The van der Waals surface area contributed by atoms with E-state index in [4.69, 9.17) is 11.6 Å². The molecule has 2 rings (SSSR count). The zero-order chi connectivity index (χ0) is 13.1. The number of halogens is 1. The van der Waals surface area contributed by atoms with E-state index < -0.39 is 6.10 Å². The molecule has 0 saturated carbocycles. The van der Waals surface area contributed by atoms with Crippen LogP contribution >= 0.6 is 34.9 Å². The van der Waals surface area contributed by atoms with Gasteiger partial charge in [-0.2, -0.15) is 4.37 Å². The summed E-state index contributed by atoms with van der Waals surface area (Å²) in [5, 5.41) is 10.1. The van der Waals surface area contributed by atoms with Crippen molar-refractivity contribution in [1.29, 1.82) is 0 Å². The SMILES string of the molecule is CCc1nsc(Sc2ccc(C(C)O)cc2Cl)n1. The number of nitrogens with zero attached hydrogens (tertiary/aromatic N) is 2. The average molecular weight is 301 g/mol. The molecule has 1 atom stereocenters.